The lowest BCUT2D eigenvalue weighted by atomic mass is 10.2. The molecule has 0 bridgehead atoms. The van der Waals surface area contributed by atoms with Crippen LogP contribution in [0.4, 0.5) is 11.4 Å². The molecule has 23 heavy (non-hydrogen) atoms. The minimum Gasteiger partial charge on any atom is -0.378 e. The number of para-hydroxylation sites is 2. The molecule has 1 aromatic carbocycles. The van der Waals surface area contributed by atoms with E-state index >= 15 is 0 Å². The van der Waals surface area contributed by atoms with Crippen LogP contribution in [-0.4, -0.2) is 49.1 Å². The molecule has 1 aromatic rings. The Morgan fingerprint density at radius 1 is 1.30 bits per heavy atom. The second-order valence-corrected chi connectivity index (χ2v) is 5.37. The molecule has 9 heteroatoms. The number of halogens is 1. The van der Waals surface area contributed by atoms with Crippen LogP contribution in [0, 0.1) is 10.1 Å². The molecule has 0 atom stereocenters. The zero-order valence-corrected chi connectivity index (χ0v) is 16.5. The van der Waals surface area contributed by atoms with E-state index in [1.807, 2.05) is 13.2 Å². The summed E-state index contributed by atoms with van der Waals surface area (Å²) in [5, 5.41) is 20.3. The van der Waals surface area contributed by atoms with Crippen LogP contribution < -0.4 is 16.0 Å². The van der Waals surface area contributed by atoms with E-state index in [2.05, 4.69) is 20.9 Å². The third kappa shape index (κ3) is 8.84. The Kier molecular flexibility index (Phi) is 12.5. The molecule has 0 spiro atoms. The molecular weight excluding hydrogens is 429 g/mol. The molecule has 0 aliphatic heterocycles. The Morgan fingerprint density at radius 2 is 2.04 bits per heavy atom. The van der Waals surface area contributed by atoms with E-state index in [0.717, 1.165) is 24.8 Å². The SMILES string of the molecule is CCNC(=NCCSC)NCCNc1ccccc1[N+](=O)[O-].I. The van der Waals surface area contributed by atoms with Crippen LogP contribution in [0.5, 0.6) is 0 Å². The molecule has 0 unspecified atom stereocenters. The second-order valence-electron chi connectivity index (χ2n) is 4.38. The van der Waals surface area contributed by atoms with Gasteiger partial charge >= 0.3 is 0 Å². The van der Waals surface area contributed by atoms with Gasteiger partial charge in [-0.25, -0.2) is 0 Å². The number of benzene rings is 1. The molecule has 7 nitrogen and oxygen atoms in total. The fourth-order valence-corrected chi connectivity index (χ4v) is 2.02. The maximum atomic E-state index is 10.9. The summed E-state index contributed by atoms with van der Waals surface area (Å²) in [5.74, 6) is 1.74. The van der Waals surface area contributed by atoms with Crippen LogP contribution >= 0.6 is 35.7 Å². The van der Waals surface area contributed by atoms with Crippen molar-refractivity contribution in [3.05, 3.63) is 34.4 Å². The van der Waals surface area contributed by atoms with Gasteiger partial charge in [-0.15, -0.1) is 24.0 Å². The summed E-state index contributed by atoms with van der Waals surface area (Å²) in [5.41, 5.74) is 0.613. The molecule has 0 aromatic heterocycles. The van der Waals surface area contributed by atoms with Crippen molar-refractivity contribution in [2.75, 3.05) is 43.5 Å². The molecule has 0 aliphatic carbocycles. The van der Waals surface area contributed by atoms with Gasteiger partial charge in [-0.2, -0.15) is 11.8 Å². The van der Waals surface area contributed by atoms with Gasteiger partial charge in [-0.3, -0.25) is 15.1 Å². The number of rotatable bonds is 9. The molecule has 0 amide bonds. The van der Waals surface area contributed by atoms with Gasteiger partial charge in [0.05, 0.1) is 11.5 Å². The number of nitro groups is 1. The lowest BCUT2D eigenvalue weighted by Crippen LogP contribution is -2.39. The van der Waals surface area contributed by atoms with Gasteiger partial charge in [-0.05, 0) is 19.2 Å². The normalized spacial score (nSPS) is 10.6. The number of thioether (sulfide) groups is 1. The largest absolute Gasteiger partial charge is 0.378 e. The maximum absolute atomic E-state index is 10.9. The predicted molar refractivity (Wildman–Crippen MR) is 109 cm³/mol. The molecule has 0 radical (unpaired) electrons. The van der Waals surface area contributed by atoms with E-state index in [1.165, 1.54) is 6.07 Å². The van der Waals surface area contributed by atoms with E-state index in [9.17, 15) is 10.1 Å². The van der Waals surface area contributed by atoms with Crippen molar-refractivity contribution in [1.29, 1.82) is 0 Å². The highest BCUT2D eigenvalue weighted by molar-refractivity contribution is 14.0. The number of guanidine groups is 1. The van der Waals surface area contributed by atoms with Crippen molar-refractivity contribution in [2.45, 2.75) is 6.92 Å². The zero-order chi connectivity index (χ0) is 16.2. The number of anilines is 1. The first-order chi connectivity index (χ1) is 10.7. The first-order valence-corrected chi connectivity index (χ1v) is 8.56. The fourth-order valence-electron chi connectivity index (χ4n) is 1.75. The molecule has 0 saturated heterocycles. The predicted octanol–water partition coefficient (Wildman–Crippen LogP) is 2.54. The van der Waals surface area contributed by atoms with Crippen molar-refractivity contribution < 1.29 is 4.92 Å². The lowest BCUT2D eigenvalue weighted by Gasteiger charge is -2.12. The van der Waals surface area contributed by atoms with Crippen LogP contribution in [0.2, 0.25) is 0 Å². The Hall–Kier alpha value is -1.23. The number of hydrogen-bond donors (Lipinski definition) is 3. The van der Waals surface area contributed by atoms with Gasteiger partial charge in [0.1, 0.15) is 5.69 Å². The van der Waals surface area contributed by atoms with Crippen LogP contribution in [0.25, 0.3) is 0 Å². The summed E-state index contributed by atoms with van der Waals surface area (Å²) in [4.78, 5) is 15.0. The summed E-state index contributed by atoms with van der Waals surface area (Å²) < 4.78 is 0. The van der Waals surface area contributed by atoms with Gasteiger partial charge in [0.15, 0.2) is 5.96 Å². The van der Waals surface area contributed by atoms with Crippen LogP contribution in [-0.2, 0) is 0 Å². The second kappa shape index (κ2) is 13.2. The first-order valence-electron chi connectivity index (χ1n) is 7.17. The smallest absolute Gasteiger partial charge is 0.292 e. The molecule has 130 valence electrons. The average Bonchev–Trinajstić information content (AvgIpc) is 2.52. The number of nitro benzene ring substituents is 1. The Labute approximate surface area is 158 Å². The van der Waals surface area contributed by atoms with Crippen LogP contribution in [0.1, 0.15) is 6.92 Å². The Bertz CT molecular complexity index is 502. The average molecular weight is 453 g/mol. The lowest BCUT2D eigenvalue weighted by molar-refractivity contribution is -0.384. The quantitative estimate of drug-likeness (QED) is 0.133. The van der Waals surface area contributed by atoms with E-state index in [4.69, 9.17) is 0 Å². The highest BCUT2D eigenvalue weighted by atomic mass is 127. The van der Waals surface area contributed by atoms with Crippen molar-refractivity contribution in [3.63, 3.8) is 0 Å². The highest BCUT2D eigenvalue weighted by Gasteiger charge is 2.11. The minimum absolute atomic E-state index is 0. The fraction of sp³-hybridized carbons (Fsp3) is 0.500. The third-order valence-electron chi connectivity index (χ3n) is 2.74. The van der Waals surface area contributed by atoms with Gasteiger partial charge in [0.2, 0.25) is 0 Å². The number of nitrogens with zero attached hydrogens (tertiary/aromatic N) is 2. The van der Waals surface area contributed by atoms with E-state index < -0.39 is 0 Å². The summed E-state index contributed by atoms with van der Waals surface area (Å²) in [6, 6.07) is 6.62. The van der Waals surface area contributed by atoms with Crippen molar-refractivity contribution in [2.24, 2.45) is 4.99 Å². The highest BCUT2D eigenvalue weighted by Crippen LogP contribution is 2.22. The molecule has 3 N–H and O–H groups in total. The number of aliphatic imine (C=N–C) groups is 1. The topological polar surface area (TPSA) is 91.6 Å². The molecule has 0 heterocycles. The third-order valence-corrected chi connectivity index (χ3v) is 3.33. The van der Waals surface area contributed by atoms with Crippen LogP contribution in [0.3, 0.4) is 0 Å². The Balaban J connectivity index is 0.00000484. The first kappa shape index (κ1) is 21.8. The summed E-state index contributed by atoms with van der Waals surface area (Å²) in [6.45, 7) is 4.75. The van der Waals surface area contributed by atoms with E-state index in [1.54, 1.807) is 30.0 Å². The monoisotopic (exact) mass is 453 g/mol. The van der Waals surface area contributed by atoms with Crippen molar-refractivity contribution in [3.8, 4) is 0 Å². The Morgan fingerprint density at radius 3 is 2.70 bits per heavy atom. The van der Waals surface area contributed by atoms with Gasteiger partial charge in [-0.1, -0.05) is 12.1 Å². The summed E-state index contributed by atoms with van der Waals surface area (Å²) in [6.07, 6.45) is 2.05. The van der Waals surface area contributed by atoms with Crippen LogP contribution in [0.15, 0.2) is 29.3 Å². The van der Waals surface area contributed by atoms with Crippen molar-refractivity contribution in [1.82, 2.24) is 10.6 Å². The molecule has 0 aliphatic rings. The van der Waals surface area contributed by atoms with Crippen molar-refractivity contribution >= 4 is 53.1 Å². The van der Waals surface area contributed by atoms with E-state index in [-0.39, 0.29) is 34.6 Å². The van der Waals surface area contributed by atoms with Gasteiger partial charge < -0.3 is 16.0 Å². The minimum atomic E-state index is -0.385. The molecule has 1 rings (SSSR count). The molecule has 0 fully saturated rings. The van der Waals surface area contributed by atoms with Gasteiger partial charge in [0.25, 0.3) is 5.69 Å². The number of nitrogens with one attached hydrogen (secondary N) is 3. The summed E-state index contributed by atoms with van der Waals surface area (Å²) in [7, 11) is 0. The molecule has 0 saturated carbocycles. The zero-order valence-electron chi connectivity index (χ0n) is 13.4. The van der Waals surface area contributed by atoms with Gasteiger partial charge in [0, 0.05) is 31.5 Å². The standard InChI is InChI=1S/C14H23N5O2S.HI/c1-3-15-14(18-10-11-22-2)17-9-8-16-12-6-4-5-7-13(12)19(20)21;/h4-7,16H,3,8-11H2,1-2H3,(H2,15,17,18);1H. The van der Waals surface area contributed by atoms with E-state index in [0.29, 0.717) is 18.8 Å². The molecular formula is C14H24IN5O2S. The maximum Gasteiger partial charge on any atom is 0.292 e. The number of hydrogen-bond acceptors (Lipinski definition) is 5. The summed E-state index contributed by atoms with van der Waals surface area (Å²) >= 11 is 1.75.